The molecule has 1 aliphatic carbocycles. The van der Waals surface area contributed by atoms with Gasteiger partial charge >= 0.3 is 0 Å². The molecule has 0 aliphatic heterocycles. The Morgan fingerprint density at radius 1 is 1.38 bits per heavy atom. The highest BCUT2D eigenvalue weighted by atomic mass is 16.5. The normalized spacial score (nSPS) is 25.9. The number of nitrogens with one attached hydrogen (secondary N) is 1. The molecule has 0 radical (unpaired) electrons. The van der Waals surface area contributed by atoms with E-state index in [1.807, 2.05) is 24.3 Å². The van der Waals surface area contributed by atoms with Crippen molar-refractivity contribution in [2.45, 2.75) is 52.1 Å². The Morgan fingerprint density at radius 3 is 2.81 bits per heavy atom. The molecule has 146 valence electrons. The van der Waals surface area contributed by atoms with Gasteiger partial charge in [-0.05, 0) is 48.6 Å². The molecule has 3 atom stereocenters. The van der Waals surface area contributed by atoms with Crippen molar-refractivity contribution in [1.82, 2.24) is 5.32 Å². The van der Waals surface area contributed by atoms with Crippen LogP contribution in [-0.2, 0) is 11.2 Å². The SMILES string of the molecule is CC1CCC(C(C)C)C(O)(C(=O)NCCc2ccccc2OCCN)C1. The van der Waals surface area contributed by atoms with Gasteiger partial charge in [0.15, 0.2) is 0 Å². The molecule has 5 nitrogen and oxygen atoms in total. The Balaban J connectivity index is 1.97. The van der Waals surface area contributed by atoms with Crippen LogP contribution in [0.15, 0.2) is 24.3 Å². The standard InChI is InChI=1S/C21H34N2O3/c1-15(2)18-9-8-16(3)14-21(18,25)20(24)23-12-10-17-6-4-5-7-19(17)26-13-11-22/h4-7,15-16,18,25H,8-14,22H2,1-3H3,(H,23,24). The lowest BCUT2D eigenvalue weighted by Gasteiger charge is -2.43. The molecule has 4 N–H and O–H groups in total. The van der Waals surface area contributed by atoms with E-state index in [-0.39, 0.29) is 17.7 Å². The topological polar surface area (TPSA) is 84.6 Å². The van der Waals surface area contributed by atoms with Gasteiger partial charge in [-0.25, -0.2) is 0 Å². The minimum Gasteiger partial charge on any atom is -0.492 e. The third-order valence-corrected chi connectivity index (χ3v) is 5.47. The lowest BCUT2D eigenvalue weighted by Crippen LogP contribution is -2.56. The summed E-state index contributed by atoms with van der Waals surface area (Å²) < 4.78 is 5.66. The zero-order valence-corrected chi connectivity index (χ0v) is 16.3. The molecule has 0 aromatic heterocycles. The fourth-order valence-electron chi connectivity index (χ4n) is 4.12. The van der Waals surface area contributed by atoms with E-state index < -0.39 is 5.60 Å². The van der Waals surface area contributed by atoms with E-state index >= 15 is 0 Å². The van der Waals surface area contributed by atoms with Crippen LogP contribution < -0.4 is 15.8 Å². The van der Waals surface area contributed by atoms with E-state index in [9.17, 15) is 9.90 Å². The molecule has 3 unspecified atom stereocenters. The Bertz CT molecular complexity index is 590. The minimum atomic E-state index is -1.26. The van der Waals surface area contributed by atoms with Crippen molar-refractivity contribution >= 4 is 5.91 Å². The highest BCUT2D eigenvalue weighted by molar-refractivity contribution is 5.85. The average Bonchev–Trinajstić information content (AvgIpc) is 2.60. The maximum Gasteiger partial charge on any atom is 0.252 e. The van der Waals surface area contributed by atoms with Crippen LogP contribution in [0.3, 0.4) is 0 Å². The smallest absolute Gasteiger partial charge is 0.252 e. The van der Waals surface area contributed by atoms with E-state index in [4.69, 9.17) is 10.5 Å². The fourth-order valence-corrected chi connectivity index (χ4v) is 4.12. The van der Waals surface area contributed by atoms with Gasteiger partial charge in [-0.1, -0.05) is 45.4 Å². The molecule has 0 saturated heterocycles. The Morgan fingerprint density at radius 2 is 2.12 bits per heavy atom. The highest BCUT2D eigenvalue weighted by Gasteiger charge is 2.48. The molecule has 1 aliphatic rings. The van der Waals surface area contributed by atoms with Crippen LogP contribution >= 0.6 is 0 Å². The first kappa shape index (κ1) is 20.7. The monoisotopic (exact) mass is 362 g/mol. The quantitative estimate of drug-likeness (QED) is 0.663. The first-order valence-corrected chi connectivity index (χ1v) is 9.80. The second-order valence-electron chi connectivity index (χ2n) is 7.91. The van der Waals surface area contributed by atoms with Crippen molar-refractivity contribution in [3.8, 4) is 5.75 Å². The molecule has 0 spiro atoms. The zero-order valence-electron chi connectivity index (χ0n) is 16.3. The van der Waals surface area contributed by atoms with E-state index in [1.54, 1.807) is 0 Å². The average molecular weight is 363 g/mol. The molecular formula is C21H34N2O3. The number of nitrogens with two attached hydrogens (primary N) is 1. The summed E-state index contributed by atoms with van der Waals surface area (Å²) in [5.41, 5.74) is 5.27. The van der Waals surface area contributed by atoms with Crippen molar-refractivity contribution in [1.29, 1.82) is 0 Å². The van der Waals surface area contributed by atoms with Crippen LogP contribution in [0.4, 0.5) is 0 Å². The summed E-state index contributed by atoms with van der Waals surface area (Å²) in [7, 11) is 0. The Kier molecular flexibility index (Phi) is 7.47. The highest BCUT2D eigenvalue weighted by Crippen LogP contribution is 2.41. The summed E-state index contributed by atoms with van der Waals surface area (Å²) >= 11 is 0. The van der Waals surface area contributed by atoms with Crippen molar-refractivity contribution in [2.24, 2.45) is 23.5 Å². The van der Waals surface area contributed by atoms with E-state index in [0.29, 0.717) is 38.5 Å². The van der Waals surface area contributed by atoms with E-state index in [2.05, 4.69) is 26.1 Å². The van der Waals surface area contributed by atoms with Gasteiger partial charge in [0, 0.05) is 13.1 Å². The van der Waals surface area contributed by atoms with Gasteiger partial charge in [0.05, 0.1) is 0 Å². The van der Waals surface area contributed by atoms with Crippen LogP contribution in [0.5, 0.6) is 5.75 Å². The number of ether oxygens (including phenoxy) is 1. The summed E-state index contributed by atoms with van der Waals surface area (Å²) in [6.45, 7) is 7.70. The molecule has 26 heavy (non-hydrogen) atoms. The van der Waals surface area contributed by atoms with Gasteiger partial charge in [0.2, 0.25) is 0 Å². The van der Waals surface area contributed by atoms with E-state index in [0.717, 1.165) is 24.2 Å². The first-order chi connectivity index (χ1) is 12.4. The predicted octanol–water partition coefficient (Wildman–Crippen LogP) is 2.51. The summed E-state index contributed by atoms with van der Waals surface area (Å²) in [5, 5.41) is 14.1. The summed E-state index contributed by atoms with van der Waals surface area (Å²) in [6, 6.07) is 7.79. The van der Waals surface area contributed by atoms with Crippen molar-refractivity contribution in [3.05, 3.63) is 29.8 Å². The number of aliphatic hydroxyl groups is 1. The molecule has 0 heterocycles. The number of hydrogen-bond donors (Lipinski definition) is 3. The van der Waals surface area contributed by atoms with Gasteiger partial charge in [0.25, 0.3) is 5.91 Å². The van der Waals surface area contributed by atoms with Crippen LogP contribution in [0, 0.1) is 17.8 Å². The Hall–Kier alpha value is -1.59. The molecule has 5 heteroatoms. The molecule has 0 bridgehead atoms. The van der Waals surface area contributed by atoms with Gasteiger partial charge in [-0.15, -0.1) is 0 Å². The van der Waals surface area contributed by atoms with Crippen molar-refractivity contribution < 1.29 is 14.6 Å². The molecular weight excluding hydrogens is 328 g/mol. The summed E-state index contributed by atoms with van der Waals surface area (Å²) in [4.78, 5) is 12.8. The number of hydrogen-bond acceptors (Lipinski definition) is 4. The summed E-state index contributed by atoms with van der Waals surface area (Å²) in [6.07, 6.45) is 3.17. The zero-order chi connectivity index (χ0) is 19.2. The van der Waals surface area contributed by atoms with Crippen molar-refractivity contribution in [3.63, 3.8) is 0 Å². The van der Waals surface area contributed by atoms with Gasteiger partial charge in [-0.2, -0.15) is 0 Å². The number of rotatable bonds is 8. The fraction of sp³-hybridized carbons (Fsp3) is 0.667. The maximum atomic E-state index is 12.8. The van der Waals surface area contributed by atoms with Crippen molar-refractivity contribution in [2.75, 3.05) is 19.7 Å². The van der Waals surface area contributed by atoms with Crippen LogP contribution in [-0.4, -0.2) is 36.3 Å². The maximum absolute atomic E-state index is 12.8. The van der Waals surface area contributed by atoms with Crippen LogP contribution in [0.25, 0.3) is 0 Å². The molecule has 2 rings (SSSR count). The number of amides is 1. The molecule has 1 aromatic carbocycles. The van der Waals surface area contributed by atoms with Gasteiger partial charge in [-0.3, -0.25) is 4.79 Å². The predicted molar refractivity (Wildman–Crippen MR) is 104 cm³/mol. The molecule has 1 aromatic rings. The lowest BCUT2D eigenvalue weighted by molar-refractivity contribution is -0.155. The number of carbonyl (C=O) groups excluding carboxylic acids is 1. The van der Waals surface area contributed by atoms with Crippen LogP contribution in [0.2, 0.25) is 0 Å². The molecule has 1 saturated carbocycles. The number of carbonyl (C=O) groups is 1. The third-order valence-electron chi connectivity index (χ3n) is 5.47. The van der Waals surface area contributed by atoms with Crippen LogP contribution in [0.1, 0.15) is 45.6 Å². The molecule has 1 fully saturated rings. The number of para-hydroxylation sites is 1. The minimum absolute atomic E-state index is 0.0128. The number of benzene rings is 1. The first-order valence-electron chi connectivity index (χ1n) is 9.80. The largest absolute Gasteiger partial charge is 0.492 e. The van der Waals surface area contributed by atoms with Gasteiger partial charge < -0.3 is 20.9 Å². The van der Waals surface area contributed by atoms with Gasteiger partial charge in [0.1, 0.15) is 18.0 Å². The molecule has 1 amide bonds. The second kappa shape index (κ2) is 9.38. The third kappa shape index (κ3) is 4.98. The van der Waals surface area contributed by atoms with E-state index in [1.165, 1.54) is 0 Å². The lowest BCUT2D eigenvalue weighted by atomic mass is 9.66. The summed E-state index contributed by atoms with van der Waals surface area (Å²) in [5.74, 6) is 1.23. The second-order valence-corrected chi connectivity index (χ2v) is 7.91. The Labute approximate surface area is 157 Å².